The molecule has 1 atom stereocenters. The van der Waals surface area contributed by atoms with E-state index in [0.717, 1.165) is 0 Å². The molecule has 3 N–H and O–H groups in total. The van der Waals surface area contributed by atoms with Crippen LogP contribution >= 0.6 is 0 Å². The molecule has 6 nitrogen and oxygen atoms in total. The van der Waals surface area contributed by atoms with Crippen LogP contribution in [-0.4, -0.2) is 33.6 Å². The Kier molecular flexibility index (Phi) is 5.84. The minimum absolute atomic E-state index is 0.0267. The molecule has 3 rings (SSSR count). The Morgan fingerprint density at radius 2 is 1.93 bits per heavy atom. The Morgan fingerprint density at radius 3 is 2.50 bits per heavy atom. The van der Waals surface area contributed by atoms with Crippen LogP contribution in [0.15, 0.2) is 18.2 Å². The number of benzene rings is 1. The predicted molar refractivity (Wildman–Crippen MR) is 106 cm³/mol. The van der Waals surface area contributed by atoms with Crippen LogP contribution in [0, 0.1) is 17.2 Å². The van der Waals surface area contributed by atoms with Gasteiger partial charge in [0.25, 0.3) is 5.91 Å². The number of para-hydroxylation sites is 1. The molecule has 0 unspecified atom stereocenters. The second-order valence-corrected chi connectivity index (χ2v) is 9.14. The van der Waals surface area contributed by atoms with Crippen LogP contribution in [0.3, 0.4) is 0 Å². The van der Waals surface area contributed by atoms with E-state index in [1.54, 1.807) is 26.8 Å². The van der Waals surface area contributed by atoms with Crippen molar-refractivity contribution in [1.29, 1.82) is 0 Å². The van der Waals surface area contributed by atoms with Crippen molar-refractivity contribution in [3.05, 3.63) is 29.7 Å². The van der Waals surface area contributed by atoms with Gasteiger partial charge in [-0.15, -0.1) is 0 Å². The molecule has 2 amide bonds. The standard InChI is InChI=1S/C21H27F3N4O2/c1-20(2,3)17(18(25)29)26-19(30)15-13-5-4-6-14(22)16(13)28(27-15)11-12-7-9-21(23,24)10-8-12/h4-6,12,17H,7-11H2,1-3H3,(H2,25,29)(H,26,30)/t17-/m1/s1. The van der Waals surface area contributed by atoms with E-state index < -0.39 is 35.0 Å². The van der Waals surface area contributed by atoms with Crippen LogP contribution in [0.1, 0.15) is 56.9 Å². The van der Waals surface area contributed by atoms with E-state index in [-0.39, 0.29) is 36.5 Å². The summed E-state index contributed by atoms with van der Waals surface area (Å²) < 4.78 is 42.9. The Bertz CT molecular complexity index is 955. The lowest BCUT2D eigenvalue weighted by molar-refractivity contribution is -0.122. The van der Waals surface area contributed by atoms with Crippen molar-refractivity contribution in [2.24, 2.45) is 17.1 Å². The van der Waals surface area contributed by atoms with E-state index in [2.05, 4.69) is 10.4 Å². The zero-order valence-electron chi connectivity index (χ0n) is 17.3. The average Bonchev–Trinajstić information content (AvgIpc) is 3.00. The number of nitrogens with zero attached hydrogens (tertiary/aromatic N) is 2. The number of carbonyl (C=O) groups is 2. The number of primary amides is 1. The molecular weight excluding hydrogens is 397 g/mol. The summed E-state index contributed by atoms with van der Waals surface area (Å²) >= 11 is 0. The second-order valence-electron chi connectivity index (χ2n) is 9.14. The van der Waals surface area contributed by atoms with Gasteiger partial charge in [-0.1, -0.05) is 32.9 Å². The molecule has 1 fully saturated rings. The van der Waals surface area contributed by atoms with Gasteiger partial charge in [0, 0.05) is 24.8 Å². The summed E-state index contributed by atoms with van der Waals surface area (Å²) in [5, 5.41) is 7.20. The van der Waals surface area contributed by atoms with Gasteiger partial charge in [-0.25, -0.2) is 13.2 Å². The number of hydrogen-bond donors (Lipinski definition) is 2. The summed E-state index contributed by atoms with van der Waals surface area (Å²) in [5.41, 5.74) is 4.93. The molecule has 2 aromatic rings. The van der Waals surface area contributed by atoms with Crippen molar-refractivity contribution in [1.82, 2.24) is 15.1 Å². The van der Waals surface area contributed by atoms with Crippen LogP contribution < -0.4 is 11.1 Å². The van der Waals surface area contributed by atoms with Gasteiger partial charge in [-0.05, 0) is 30.2 Å². The Labute approximate surface area is 173 Å². The van der Waals surface area contributed by atoms with Gasteiger partial charge in [0.15, 0.2) is 5.69 Å². The summed E-state index contributed by atoms with van der Waals surface area (Å²) in [6, 6.07) is 3.36. The van der Waals surface area contributed by atoms with Gasteiger partial charge in [0.05, 0.1) is 0 Å². The van der Waals surface area contributed by atoms with Gasteiger partial charge in [0.1, 0.15) is 17.4 Å². The van der Waals surface area contributed by atoms with Gasteiger partial charge >= 0.3 is 0 Å². The number of rotatable bonds is 5. The van der Waals surface area contributed by atoms with Crippen molar-refractivity contribution >= 4 is 22.7 Å². The molecule has 1 saturated carbocycles. The molecule has 1 aliphatic rings. The van der Waals surface area contributed by atoms with Crippen LogP contribution in [-0.2, 0) is 11.3 Å². The number of amides is 2. The zero-order chi connectivity index (χ0) is 22.3. The molecule has 30 heavy (non-hydrogen) atoms. The highest BCUT2D eigenvalue weighted by Gasteiger charge is 2.36. The maximum Gasteiger partial charge on any atom is 0.273 e. The monoisotopic (exact) mass is 424 g/mol. The van der Waals surface area contributed by atoms with E-state index in [4.69, 9.17) is 5.73 Å². The van der Waals surface area contributed by atoms with Gasteiger partial charge < -0.3 is 11.1 Å². The van der Waals surface area contributed by atoms with Crippen LogP contribution in [0.25, 0.3) is 10.9 Å². The molecule has 1 aliphatic carbocycles. The Hall–Kier alpha value is -2.58. The van der Waals surface area contributed by atoms with Crippen LogP contribution in [0.2, 0.25) is 0 Å². The molecule has 0 radical (unpaired) electrons. The fourth-order valence-electron chi connectivity index (χ4n) is 3.93. The first kappa shape index (κ1) is 22.1. The lowest BCUT2D eigenvalue weighted by Crippen LogP contribution is -2.52. The minimum Gasteiger partial charge on any atom is -0.368 e. The maximum atomic E-state index is 14.6. The van der Waals surface area contributed by atoms with E-state index in [1.165, 1.54) is 16.8 Å². The largest absolute Gasteiger partial charge is 0.368 e. The molecule has 9 heteroatoms. The average molecular weight is 424 g/mol. The lowest BCUT2D eigenvalue weighted by atomic mass is 9.86. The zero-order valence-corrected chi connectivity index (χ0v) is 17.3. The predicted octanol–water partition coefficient (Wildman–Crippen LogP) is 3.63. The van der Waals surface area contributed by atoms with Crippen molar-refractivity contribution in [3.63, 3.8) is 0 Å². The molecule has 1 heterocycles. The smallest absolute Gasteiger partial charge is 0.273 e. The van der Waals surface area contributed by atoms with Crippen molar-refractivity contribution in [3.8, 4) is 0 Å². The Balaban J connectivity index is 1.92. The number of aromatic nitrogens is 2. The third-order valence-electron chi connectivity index (χ3n) is 5.63. The minimum atomic E-state index is -2.66. The highest BCUT2D eigenvalue weighted by atomic mass is 19.3. The highest BCUT2D eigenvalue weighted by molar-refractivity contribution is 6.06. The first-order valence-electron chi connectivity index (χ1n) is 10.0. The lowest BCUT2D eigenvalue weighted by Gasteiger charge is -2.28. The molecule has 1 aromatic carbocycles. The number of alkyl halides is 2. The summed E-state index contributed by atoms with van der Waals surface area (Å²) in [6.07, 6.45) is 0.188. The van der Waals surface area contributed by atoms with Gasteiger partial charge in [-0.2, -0.15) is 5.10 Å². The van der Waals surface area contributed by atoms with Crippen LogP contribution in [0.4, 0.5) is 13.2 Å². The number of nitrogens with one attached hydrogen (secondary N) is 1. The topological polar surface area (TPSA) is 90.0 Å². The molecular formula is C21H27F3N4O2. The third kappa shape index (κ3) is 4.60. The second kappa shape index (κ2) is 7.92. The van der Waals surface area contributed by atoms with Crippen molar-refractivity contribution in [2.75, 3.05) is 0 Å². The van der Waals surface area contributed by atoms with E-state index >= 15 is 0 Å². The number of carbonyl (C=O) groups excluding carboxylic acids is 2. The number of fused-ring (bicyclic) bond motifs is 1. The molecule has 0 spiro atoms. The number of nitrogens with two attached hydrogens (primary N) is 1. The summed E-state index contributed by atoms with van der Waals surface area (Å²) in [7, 11) is 0. The van der Waals surface area contributed by atoms with E-state index in [0.29, 0.717) is 18.2 Å². The number of halogens is 3. The quantitative estimate of drug-likeness (QED) is 0.768. The SMILES string of the molecule is CC(C)(C)[C@H](NC(=O)c1nn(CC2CCC(F)(F)CC2)c2c(F)cccc12)C(N)=O. The molecule has 0 bridgehead atoms. The number of hydrogen-bond acceptors (Lipinski definition) is 3. The van der Waals surface area contributed by atoms with Gasteiger partial charge in [-0.3, -0.25) is 14.3 Å². The summed E-state index contributed by atoms with van der Waals surface area (Å²) in [5.74, 6) is -4.62. The van der Waals surface area contributed by atoms with E-state index in [9.17, 15) is 22.8 Å². The first-order chi connectivity index (χ1) is 13.9. The molecule has 0 saturated heterocycles. The fourth-order valence-corrected chi connectivity index (χ4v) is 3.93. The fraction of sp³-hybridized carbons (Fsp3) is 0.571. The maximum absolute atomic E-state index is 14.6. The highest BCUT2D eigenvalue weighted by Crippen LogP contribution is 2.37. The first-order valence-corrected chi connectivity index (χ1v) is 10.0. The molecule has 1 aromatic heterocycles. The normalized spacial score (nSPS) is 18.3. The third-order valence-corrected chi connectivity index (χ3v) is 5.63. The van der Waals surface area contributed by atoms with E-state index in [1.807, 2.05) is 0 Å². The van der Waals surface area contributed by atoms with Crippen molar-refractivity contribution < 1.29 is 22.8 Å². The van der Waals surface area contributed by atoms with Crippen LogP contribution in [0.5, 0.6) is 0 Å². The Morgan fingerprint density at radius 1 is 1.30 bits per heavy atom. The molecule has 164 valence electrons. The summed E-state index contributed by atoms with van der Waals surface area (Å²) in [4.78, 5) is 24.7. The van der Waals surface area contributed by atoms with Crippen molar-refractivity contribution in [2.45, 2.75) is 65.0 Å². The van der Waals surface area contributed by atoms with Gasteiger partial charge in [0.2, 0.25) is 11.8 Å². The summed E-state index contributed by atoms with van der Waals surface area (Å²) in [6.45, 7) is 5.52. The molecule has 0 aliphatic heterocycles.